The van der Waals surface area contributed by atoms with Crippen molar-refractivity contribution in [2.24, 2.45) is 0 Å². The van der Waals surface area contributed by atoms with Gasteiger partial charge in [0.05, 0.1) is 6.54 Å². The monoisotopic (exact) mass is 294 g/mol. The van der Waals surface area contributed by atoms with E-state index in [-0.39, 0.29) is 6.03 Å². The maximum Gasteiger partial charge on any atom is 0.314 e. The number of carbonyl (C=O) groups is 1. The number of urea groups is 1. The summed E-state index contributed by atoms with van der Waals surface area (Å²) in [6, 6.07) is 9.37. The topological polar surface area (TPSA) is 59.6 Å². The van der Waals surface area contributed by atoms with Crippen molar-refractivity contribution in [3.05, 3.63) is 30.3 Å². The van der Waals surface area contributed by atoms with Crippen molar-refractivity contribution in [2.45, 2.75) is 26.2 Å². The van der Waals surface area contributed by atoms with E-state index in [2.05, 4.69) is 17.6 Å². The molecular weight excluding hydrogens is 268 g/mol. The predicted octanol–water partition coefficient (Wildman–Crippen LogP) is 2.57. The molecule has 0 atom stereocenters. The van der Waals surface area contributed by atoms with E-state index < -0.39 is 0 Å². The van der Waals surface area contributed by atoms with Gasteiger partial charge in [-0.1, -0.05) is 31.5 Å². The van der Waals surface area contributed by atoms with Crippen molar-refractivity contribution in [3.63, 3.8) is 0 Å². The Bertz CT molecular complexity index is 371. The number of rotatable bonds is 11. The molecule has 0 unspecified atom stereocenters. The first kappa shape index (κ1) is 17.3. The third kappa shape index (κ3) is 9.73. The normalized spacial score (nSPS) is 10.1. The Morgan fingerprint density at radius 3 is 2.48 bits per heavy atom. The van der Waals surface area contributed by atoms with Crippen LogP contribution in [0.1, 0.15) is 26.2 Å². The van der Waals surface area contributed by atoms with Gasteiger partial charge in [0.2, 0.25) is 0 Å². The number of amides is 2. The number of hydrogen-bond donors (Lipinski definition) is 2. The number of carbonyl (C=O) groups excluding carboxylic acids is 1. The summed E-state index contributed by atoms with van der Waals surface area (Å²) in [5.41, 5.74) is 0. The molecule has 0 fully saturated rings. The van der Waals surface area contributed by atoms with Crippen molar-refractivity contribution >= 4 is 6.03 Å². The predicted molar refractivity (Wildman–Crippen MR) is 83.7 cm³/mol. The maximum atomic E-state index is 11.5. The largest absolute Gasteiger partial charge is 0.492 e. The molecular formula is C16H26N2O3. The smallest absolute Gasteiger partial charge is 0.314 e. The molecule has 118 valence electrons. The van der Waals surface area contributed by atoms with Crippen LogP contribution in [0.2, 0.25) is 0 Å². The molecule has 5 nitrogen and oxygen atoms in total. The number of unbranched alkanes of at least 4 members (excludes halogenated alkanes) is 1. The van der Waals surface area contributed by atoms with Crippen molar-refractivity contribution in [1.82, 2.24) is 10.6 Å². The minimum Gasteiger partial charge on any atom is -0.492 e. The lowest BCUT2D eigenvalue weighted by atomic mass is 10.3. The van der Waals surface area contributed by atoms with E-state index in [1.807, 2.05) is 30.3 Å². The first-order valence-electron chi connectivity index (χ1n) is 7.60. The summed E-state index contributed by atoms with van der Waals surface area (Å²) in [7, 11) is 0. The highest BCUT2D eigenvalue weighted by molar-refractivity contribution is 5.73. The van der Waals surface area contributed by atoms with Crippen LogP contribution in [-0.4, -0.2) is 38.9 Å². The standard InChI is InChI=1S/C16H26N2O3/c1-2-3-12-20-13-7-10-17-16(19)18-11-14-21-15-8-5-4-6-9-15/h4-6,8-9H,2-3,7,10-14H2,1H3,(H2,17,18,19). The zero-order valence-corrected chi connectivity index (χ0v) is 12.8. The fourth-order valence-electron chi connectivity index (χ4n) is 1.64. The van der Waals surface area contributed by atoms with Gasteiger partial charge in [-0.3, -0.25) is 0 Å². The average Bonchev–Trinajstić information content (AvgIpc) is 2.52. The third-order valence-corrected chi connectivity index (χ3v) is 2.79. The average molecular weight is 294 g/mol. The molecule has 0 saturated heterocycles. The molecule has 0 radical (unpaired) electrons. The van der Waals surface area contributed by atoms with Gasteiger partial charge < -0.3 is 20.1 Å². The highest BCUT2D eigenvalue weighted by atomic mass is 16.5. The van der Waals surface area contributed by atoms with Crippen LogP contribution in [0.15, 0.2) is 30.3 Å². The molecule has 0 spiro atoms. The Morgan fingerprint density at radius 2 is 1.71 bits per heavy atom. The fraction of sp³-hybridized carbons (Fsp3) is 0.562. The Labute approximate surface area is 127 Å². The Kier molecular flexibility index (Phi) is 9.91. The molecule has 5 heteroatoms. The second-order valence-electron chi connectivity index (χ2n) is 4.66. The summed E-state index contributed by atoms with van der Waals surface area (Å²) in [5.74, 6) is 0.809. The number of benzene rings is 1. The highest BCUT2D eigenvalue weighted by Gasteiger charge is 1.99. The fourth-order valence-corrected chi connectivity index (χ4v) is 1.64. The molecule has 0 aliphatic heterocycles. The summed E-state index contributed by atoms with van der Waals surface area (Å²) >= 11 is 0. The maximum absolute atomic E-state index is 11.5. The molecule has 0 heterocycles. The molecule has 0 bridgehead atoms. The molecule has 2 N–H and O–H groups in total. The van der Waals surface area contributed by atoms with Gasteiger partial charge in [0.15, 0.2) is 0 Å². The van der Waals surface area contributed by atoms with Crippen molar-refractivity contribution in [1.29, 1.82) is 0 Å². The lowest BCUT2D eigenvalue weighted by molar-refractivity contribution is 0.129. The zero-order valence-electron chi connectivity index (χ0n) is 12.8. The molecule has 1 aromatic rings. The van der Waals surface area contributed by atoms with Crippen molar-refractivity contribution in [3.8, 4) is 5.75 Å². The third-order valence-electron chi connectivity index (χ3n) is 2.79. The van der Waals surface area contributed by atoms with E-state index in [4.69, 9.17) is 9.47 Å². The quantitative estimate of drug-likeness (QED) is 0.617. The summed E-state index contributed by atoms with van der Waals surface area (Å²) in [6.45, 7) is 5.19. The lowest BCUT2D eigenvalue weighted by Crippen LogP contribution is -2.38. The number of ether oxygens (including phenoxy) is 2. The first-order valence-corrected chi connectivity index (χ1v) is 7.60. The molecule has 1 rings (SSSR count). The van der Waals surface area contributed by atoms with Gasteiger partial charge in [-0.15, -0.1) is 0 Å². The van der Waals surface area contributed by atoms with E-state index in [9.17, 15) is 4.79 Å². The molecule has 21 heavy (non-hydrogen) atoms. The number of para-hydroxylation sites is 1. The lowest BCUT2D eigenvalue weighted by Gasteiger charge is -2.09. The molecule has 1 aromatic carbocycles. The van der Waals surface area contributed by atoms with Crippen LogP contribution in [0.5, 0.6) is 5.75 Å². The second-order valence-corrected chi connectivity index (χ2v) is 4.66. The van der Waals surface area contributed by atoms with Gasteiger partial charge in [-0.2, -0.15) is 0 Å². The van der Waals surface area contributed by atoms with Gasteiger partial charge in [-0.05, 0) is 25.0 Å². The highest BCUT2D eigenvalue weighted by Crippen LogP contribution is 2.07. The van der Waals surface area contributed by atoms with Gasteiger partial charge in [-0.25, -0.2) is 4.79 Å². The Hall–Kier alpha value is -1.75. The second kappa shape index (κ2) is 12.0. The van der Waals surface area contributed by atoms with Crippen LogP contribution in [0.3, 0.4) is 0 Å². The van der Waals surface area contributed by atoms with Crippen LogP contribution < -0.4 is 15.4 Å². The van der Waals surface area contributed by atoms with E-state index in [0.717, 1.165) is 31.6 Å². The molecule has 0 saturated carbocycles. The van der Waals surface area contributed by atoms with Gasteiger partial charge in [0.25, 0.3) is 0 Å². The van der Waals surface area contributed by atoms with Gasteiger partial charge >= 0.3 is 6.03 Å². The number of hydrogen-bond acceptors (Lipinski definition) is 3. The van der Waals surface area contributed by atoms with Crippen LogP contribution >= 0.6 is 0 Å². The molecule has 0 aromatic heterocycles. The Morgan fingerprint density at radius 1 is 1.00 bits per heavy atom. The van der Waals surface area contributed by atoms with E-state index in [1.54, 1.807) is 0 Å². The number of nitrogens with one attached hydrogen (secondary N) is 2. The summed E-state index contributed by atoms with van der Waals surface area (Å²) < 4.78 is 10.9. The summed E-state index contributed by atoms with van der Waals surface area (Å²) in [4.78, 5) is 11.5. The zero-order chi connectivity index (χ0) is 15.2. The SMILES string of the molecule is CCCCOCCCNC(=O)NCCOc1ccccc1. The van der Waals surface area contributed by atoms with Crippen LogP contribution in [0.25, 0.3) is 0 Å². The molecule has 0 aliphatic rings. The van der Waals surface area contributed by atoms with Gasteiger partial charge in [0, 0.05) is 19.8 Å². The first-order chi connectivity index (χ1) is 10.3. The minimum absolute atomic E-state index is 0.166. The van der Waals surface area contributed by atoms with E-state index >= 15 is 0 Å². The summed E-state index contributed by atoms with van der Waals surface area (Å²) in [5, 5.41) is 5.53. The van der Waals surface area contributed by atoms with Gasteiger partial charge in [0.1, 0.15) is 12.4 Å². The molecule has 0 aliphatic carbocycles. The Balaban J connectivity index is 1.90. The van der Waals surface area contributed by atoms with Crippen LogP contribution in [-0.2, 0) is 4.74 Å². The van der Waals surface area contributed by atoms with E-state index in [0.29, 0.717) is 26.3 Å². The summed E-state index contributed by atoms with van der Waals surface area (Å²) in [6.07, 6.45) is 3.07. The minimum atomic E-state index is -0.166. The van der Waals surface area contributed by atoms with Crippen molar-refractivity contribution < 1.29 is 14.3 Å². The van der Waals surface area contributed by atoms with Crippen LogP contribution in [0, 0.1) is 0 Å². The van der Waals surface area contributed by atoms with Crippen molar-refractivity contribution in [2.75, 3.05) is 32.9 Å². The molecule has 2 amide bonds. The van der Waals surface area contributed by atoms with E-state index in [1.165, 1.54) is 0 Å². The van der Waals surface area contributed by atoms with Crippen LogP contribution in [0.4, 0.5) is 4.79 Å².